The number of β-amino-alcohol motifs (C(OH)–C–C–N with tert-alkyl or cyclic N) is 1. The second kappa shape index (κ2) is 13.6. The van der Waals surface area contributed by atoms with Crippen molar-refractivity contribution < 1.29 is 14.6 Å². The molecule has 9 nitrogen and oxygen atoms in total. The molecule has 4 heterocycles. The fraction of sp³-hybridized carbons (Fsp3) is 0.485. The van der Waals surface area contributed by atoms with Gasteiger partial charge < -0.3 is 20.1 Å². The van der Waals surface area contributed by atoms with Crippen LogP contribution in [0.5, 0.6) is 11.6 Å². The Morgan fingerprint density at radius 2 is 1.73 bits per heavy atom. The number of benzene rings is 1. The van der Waals surface area contributed by atoms with E-state index in [1.807, 2.05) is 30.3 Å². The zero-order valence-electron chi connectivity index (χ0n) is 25.1. The minimum Gasteiger partial charge on any atom is -0.437 e. The van der Waals surface area contributed by atoms with Gasteiger partial charge in [0, 0.05) is 74.4 Å². The van der Waals surface area contributed by atoms with Gasteiger partial charge in [-0.05, 0) is 86.7 Å². The van der Waals surface area contributed by atoms with E-state index in [4.69, 9.17) is 37.9 Å². The van der Waals surface area contributed by atoms with E-state index in [9.17, 15) is 9.90 Å². The molecule has 2 aliphatic heterocycles. The van der Waals surface area contributed by atoms with E-state index in [2.05, 4.69) is 26.1 Å². The SMILES string of the molecule is CC(=O)NCC1CCN(Cc2cc(Oc3ccc(N4CCN(CC5(O)CC5)CC4)nc3)nc(-c3cc(Cl)cc(Cl)c3)c2)CC1. The lowest BCUT2D eigenvalue weighted by molar-refractivity contribution is -0.119. The summed E-state index contributed by atoms with van der Waals surface area (Å²) >= 11 is 12.7. The number of nitrogens with one attached hydrogen (secondary N) is 1. The lowest BCUT2D eigenvalue weighted by Gasteiger charge is -2.36. The number of piperazine rings is 1. The molecule has 0 bridgehead atoms. The van der Waals surface area contributed by atoms with Gasteiger partial charge in [0.15, 0.2) is 0 Å². The lowest BCUT2D eigenvalue weighted by atomic mass is 9.96. The van der Waals surface area contributed by atoms with Crippen molar-refractivity contribution in [2.24, 2.45) is 5.92 Å². The molecule has 0 unspecified atom stereocenters. The molecule has 234 valence electrons. The second-order valence-electron chi connectivity index (χ2n) is 12.5. The summed E-state index contributed by atoms with van der Waals surface area (Å²) < 4.78 is 6.27. The van der Waals surface area contributed by atoms with Crippen molar-refractivity contribution in [2.75, 3.05) is 57.3 Å². The number of pyridine rings is 2. The quantitative estimate of drug-likeness (QED) is 0.312. The molecule has 0 spiro atoms. The number of likely N-dealkylation sites (tertiary alicyclic amines) is 1. The highest BCUT2D eigenvalue weighted by molar-refractivity contribution is 6.35. The molecule has 3 aliphatic rings. The van der Waals surface area contributed by atoms with Crippen molar-refractivity contribution in [3.63, 3.8) is 0 Å². The van der Waals surface area contributed by atoms with E-state index < -0.39 is 5.60 Å². The van der Waals surface area contributed by atoms with Crippen LogP contribution in [0.15, 0.2) is 48.7 Å². The molecule has 44 heavy (non-hydrogen) atoms. The number of aliphatic hydroxyl groups is 1. The summed E-state index contributed by atoms with van der Waals surface area (Å²) in [4.78, 5) is 27.9. The monoisotopic (exact) mass is 638 g/mol. The van der Waals surface area contributed by atoms with E-state index >= 15 is 0 Å². The topological polar surface area (TPSA) is 94.1 Å². The maximum atomic E-state index is 11.3. The molecule has 1 aromatic carbocycles. The van der Waals surface area contributed by atoms with Gasteiger partial charge in [-0.25, -0.2) is 9.97 Å². The predicted molar refractivity (Wildman–Crippen MR) is 174 cm³/mol. The average Bonchev–Trinajstić information content (AvgIpc) is 3.73. The van der Waals surface area contributed by atoms with Crippen LogP contribution in [0.25, 0.3) is 11.3 Å². The number of nitrogens with zero attached hydrogens (tertiary/aromatic N) is 5. The smallest absolute Gasteiger partial charge is 0.220 e. The molecular formula is C33H40Cl2N6O3. The van der Waals surface area contributed by atoms with Crippen molar-refractivity contribution in [3.05, 3.63) is 64.3 Å². The number of piperidine rings is 1. The van der Waals surface area contributed by atoms with Crippen LogP contribution in [0, 0.1) is 5.92 Å². The van der Waals surface area contributed by atoms with E-state index in [0.717, 1.165) is 107 Å². The van der Waals surface area contributed by atoms with Gasteiger partial charge >= 0.3 is 0 Å². The first-order chi connectivity index (χ1) is 21.2. The largest absolute Gasteiger partial charge is 0.437 e. The molecule has 11 heteroatoms. The summed E-state index contributed by atoms with van der Waals surface area (Å²) in [5.41, 5.74) is 2.19. The third kappa shape index (κ3) is 8.40. The molecule has 3 aromatic rings. The molecule has 2 aromatic heterocycles. The highest BCUT2D eigenvalue weighted by Gasteiger charge is 2.42. The van der Waals surface area contributed by atoms with Crippen molar-refractivity contribution in [1.29, 1.82) is 0 Å². The molecule has 6 rings (SSSR count). The Kier molecular flexibility index (Phi) is 9.59. The number of aromatic nitrogens is 2. The first-order valence-corrected chi connectivity index (χ1v) is 16.2. The summed E-state index contributed by atoms with van der Waals surface area (Å²) in [5.74, 6) is 2.54. The molecule has 2 N–H and O–H groups in total. The van der Waals surface area contributed by atoms with E-state index in [0.29, 0.717) is 27.6 Å². The van der Waals surface area contributed by atoms with Crippen LogP contribution < -0.4 is 15.0 Å². The lowest BCUT2D eigenvalue weighted by Crippen LogP contribution is -2.49. The Morgan fingerprint density at radius 1 is 1.00 bits per heavy atom. The maximum Gasteiger partial charge on any atom is 0.220 e. The molecular weight excluding hydrogens is 599 g/mol. The van der Waals surface area contributed by atoms with Gasteiger partial charge in [-0.2, -0.15) is 0 Å². The normalized spacial score (nSPS) is 19.1. The molecule has 1 aliphatic carbocycles. The first kappa shape index (κ1) is 31.0. The number of rotatable bonds is 10. The number of anilines is 1. The summed E-state index contributed by atoms with van der Waals surface area (Å²) in [6.45, 7) is 9.35. The number of carbonyl (C=O) groups excluding carboxylic acids is 1. The third-order valence-corrected chi connectivity index (χ3v) is 9.19. The van der Waals surface area contributed by atoms with E-state index in [1.165, 1.54) is 0 Å². The molecule has 0 radical (unpaired) electrons. The van der Waals surface area contributed by atoms with Gasteiger partial charge in [-0.1, -0.05) is 23.2 Å². The summed E-state index contributed by atoms with van der Waals surface area (Å²) in [6.07, 6.45) is 5.67. The zero-order valence-corrected chi connectivity index (χ0v) is 26.7. The fourth-order valence-corrected chi connectivity index (χ4v) is 6.57. The maximum absolute atomic E-state index is 11.3. The van der Waals surface area contributed by atoms with Crippen LogP contribution in [0.1, 0.15) is 38.2 Å². The summed E-state index contributed by atoms with van der Waals surface area (Å²) in [7, 11) is 0. The Bertz CT molecular complexity index is 1430. The number of hydrogen-bond donors (Lipinski definition) is 2. The highest BCUT2D eigenvalue weighted by Crippen LogP contribution is 2.36. The zero-order chi connectivity index (χ0) is 30.7. The van der Waals surface area contributed by atoms with Crippen molar-refractivity contribution in [3.8, 4) is 22.9 Å². The number of amides is 1. The first-order valence-electron chi connectivity index (χ1n) is 15.5. The van der Waals surface area contributed by atoms with Crippen LogP contribution in [-0.2, 0) is 11.3 Å². The minimum absolute atomic E-state index is 0.0264. The predicted octanol–water partition coefficient (Wildman–Crippen LogP) is 5.24. The van der Waals surface area contributed by atoms with Gasteiger partial charge in [0.1, 0.15) is 11.6 Å². The van der Waals surface area contributed by atoms with E-state index in [1.54, 1.807) is 19.2 Å². The standard InChI is InChI=1S/C33H40Cl2N6O3/c1-23(42)36-19-24-4-8-39(9-5-24)21-25-14-30(26-16-27(34)18-28(35)17-26)38-32(15-25)44-29-2-3-31(37-20-29)41-12-10-40(11-13-41)22-33(43)6-7-33/h2-3,14-18,20,24,43H,4-13,19,21-22H2,1H3,(H,36,42). The van der Waals surface area contributed by atoms with Crippen molar-refractivity contribution in [1.82, 2.24) is 25.1 Å². The van der Waals surface area contributed by atoms with Gasteiger partial charge in [0.05, 0.1) is 17.5 Å². The van der Waals surface area contributed by atoms with Crippen LogP contribution in [0.4, 0.5) is 5.82 Å². The van der Waals surface area contributed by atoms with Gasteiger partial charge in [-0.15, -0.1) is 0 Å². The number of carbonyl (C=O) groups is 1. The Balaban J connectivity index is 1.13. The van der Waals surface area contributed by atoms with Crippen LogP contribution in [0.3, 0.4) is 0 Å². The van der Waals surface area contributed by atoms with Crippen LogP contribution in [-0.4, -0.2) is 88.7 Å². The summed E-state index contributed by atoms with van der Waals surface area (Å²) in [6, 6.07) is 13.4. The van der Waals surface area contributed by atoms with Gasteiger partial charge in [-0.3, -0.25) is 14.6 Å². The van der Waals surface area contributed by atoms with E-state index in [-0.39, 0.29) is 5.91 Å². The van der Waals surface area contributed by atoms with Gasteiger partial charge in [0.2, 0.25) is 11.8 Å². The summed E-state index contributed by atoms with van der Waals surface area (Å²) in [5, 5.41) is 14.3. The molecule has 1 saturated carbocycles. The molecule has 0 atom stereocenters. The van der Waals surface area contributed by atoms with Crippen LogP contribution >= 0.6 is 23.2 Å². The van der Waals surface area contributed by atoms with Crippen molar-refractivity contribution in [2.45, 2.75) is 44.8 Å². The van der Waals surface area contributed by atoms with Crippen molar-refractivity contribution >= 4 is 34.9 Å². The van der Waals surface area contributed by atoms with Gasteiger partial charge in [0.25, 0.3) is 0 Å². The molecule has 1 amide bonds. The Morgan fingerprint density at radius 3 is 2.36 bits per heavy atom. The number of halogens is 2. The average molecular weight is 640 g/mol. The van der Waals surface area contributed by atoms with Crippen LogP contribution in [0.2, 0.25) is 10.0 Å². The molecule has 3 fully saturated rings. The molecule has 2 saturated heterocycles. The third-order valence-electron chi connectivity index (χ3n) is 8.76. The Labute approximate surface area is 269 Å². The highest BCUT2D eigenvalue weighted by atomic mass is 35.5. The second-order valence-corrected chi connectivity index (χ2v) is 13.3. The Hall–Kier alpha value is -2.95. The number of hydrogen-bond acceptors (Lipinski definition) is 8. The fourth-order valence-electron chi connectivity index (χ4n) is 6.04. The number of ether oxygens (including phenoxy) is 1. The minimum atomic E-state index is -0.449.